The van der Waals surface area contributed by atoms with Crippen LogP contribution in [0.1, 0.15) is 245 Å². The van der Waals surface area contributed by atoms with Crippen LogP contribution in [0.25, 0.3) is 0 Å². The Balaban J connectivity index is 3.51. The van der Waals surface area contributed by atoms with Crippen molar-refractivity contribution in [2.75, 3.05) is 13.2 Å². The molecule has 0 aromatic rings. The van der Waals surface area contributed by atoms with Gasteiger partial charge in [0.25, 0.3) is 0 Å². The molecule has 0 aliphatic carbocycles. The van der Waals surface area contributed by atoms with Gasteiger partial charge in [0.05, 0.1) is 25.4 Å². The Hall–Kier alpha value is -2.18. The van der Waals surface area contributed by atoms with Crippen LogP contribution in [0.4, 0.5) is 0 Å². The molecule has 0 aromatic carbocycles. The summed E-state index contributed by atoms with van der Waals surface area (Å²) in [7, 11) is 0. The van der Waals surface area contributed by atoms with Crippen molar-refractivity contribution >= 4 is 11.9 Å². The Bertz CT molecular complexity index is 988. The van der Waals surface area contributed by atoms with Gasteiger partial charge in [0.15, 0.2) is 0 Å². The van der Waals surface area contributed by atoms with Crippen molar-refractivity contribution < 1.29 is 24.5 Å². The molecular weight excluding hydrogens is 719 g/mol. The SMILES string of the molecule is CCCCCC/C=C\C/C=C\CCCCCCCCCC(=O)OCCCCCCCC/C=C\CCCCCC(=O)NC(CO)C(O)/C=C/CCCCCCCCCC. The van der Waals surface area contributed by atoms with Gasteiger partial charge in [-0.25, -0.2) is 0 Å². The Labute approximate surface area is 359 Å². The monoisotopic (exact) mass is 814 g/mol. The second-order valence-electron chi connectivity index (χ2n) is 16.8. The summed E-state index contributed by atoms with van der Waals surface area (Å²) in [5.74, 6) is -0.125. The molecule has 338 valence electrons. The summed E-state index contributed by atoms with van der Waals surface area (Å²) in [5, 5.41) is 22.9. The maximum Gasteiger partial charge on any atom is 0.305 e. The largest absolute Gasteiger partial charge is 0.466 e. The third-order valence-electron chi connectivity index (χ3n) is 11.1. The molecule has 0 fully saturated rings. The van der Waals surface area contributed by atoms with Crippen LogP contribution in [-0.4, -0.2) is 47.4 Å². The number of carbonyl (C=O) groups is 2. The third kappa shape index (κ3) is 43.4. The van der Waals surface area contributed by atoms with Crippen molar-refractivity contribution in [1.82, 2.24) is 5.32 Å². The smallest absolute Gasteiger partial charge is 0.305 e. The summed E-state index contributed by atoms with van der Waals surface area (Å²) in [6.45, 7) is 4.80. The van der Waals surface area contributed by atoms with Crippen LogP contribution in [0.2, 0.25) is 0 Å². The first-order chi connectivity index (χ1) is 28.5. The van der Waals surface area contributed by atoms with E-state index in [4.69, 9.17) is 4.74 Å². The standard InChI is InChI=1S/C52H95NO5/c1-3-5-7-9-11-13-15-16-17-18-19-20-23-26-30-34-38-42-46-52(57)58-47-43-39-35-31-27-24-21-22-25-29-33-37-41-45-51(56)53-49(48-54)50(55)44-40-36-32-28-14-12-10-8-6-4-2/h13,15,17-18,22,25,40,44,49-50,54-55H,3-12,14,16,19-21,23-24,26-39,41-43,45-48H2,1-2H3,(H,53,56)/b15-13-,18-17-,25-22-,44-40+. The lowest BCUT2D eigenvalue weighted by Crippen LogP contribution is -2.45. The van der Waals surface area contributed by atoms with Gasteiger partial charge in [-0.3, -0.25) is 9.59 Å². The summed E-state index contributed by atoms with van der Waals surface area (Å²) in [6.07, 6.45) is 58.2. The Morgan fingerprint density at radius 3 is 1.36 bits per heavy atom. The van der Waals surface area contributed by atoms with E-state index in [2.05, 4.69) is 55.6 Å². The molecule has 6 heteroatoms. The molecule has 0 aliphatic heterocycles. The predicted octanol–water partition coefficient (Wildman–Crippen LogP) is 14.7. The average molecular weight is 814 g/mol. The molecule has 3 N–H and O–H groups in total. The molecule has 0 aromatic heterocycles. The van der Waals surface area contributed by atoms with E-state index in [0.717, 1.165) is 77.0 Å². The highest BCUT2D eigenvalue weighted by atomic mass is 16.5. The summed E-state index contributed by atoms with van der Waals surface area (Å²) in [6, 6.07) is -0.647. The van der Waals surface area contributed by atoms with Crippen molar-refractivity contribution in [2.45, 2.75) is 257 Å². The molecule has 0 bridgehead atoms. The second kappa shape index (κ2) is 47.5. The molecule has 2 atom stereocenters. The summed E-state index contributed by atoms with van der Waals surface area (Å²) in [4.78, 5) is 24.4. The molecule has 0 radical (unpaired) electrons. The lowest BCUT2D eigenvalue weighted by atomic mass is 10.1. The highest BCUT2D eigenvalue weighted by molar-refractivity contribution is 5.76. The van der Waals surface area contributed by atoms with Crippen molar-refractivity contribution in [3.8, 4) is 0 Å². The van der Waals surface area contributed by atoms with Crippen molar-refractivity contribution in [2.24, 2.45) is 0 Å². The van der Waals surface area contributed by atoms with Crippen molar-refractivity contribution in [3.63, 3.8) is 0 Å². The number of hydrogen-bond donors (Lipinski definition) is 3. The number of ether oxygens (including phenoxy) is 1. The summed E-state index contributed by atoms with van der Waals surface area (Å²) < 4.78 is 5.46. The maximum atomic E-state index is 12.4. The Kier molecular flexibility index (Phi) is 45.7. The van der Waals surface area contributed by atoms with Crippen LogP contribution in [0.5, 0.6) is 0 Å². The lowest BCUT2D eigenvalue weighted by molar-refractivity contribution is -0.143. The van der Waals surface area contributed by atoms with E-state index in [1.54, 1.807) is 6.08 Å². The van der Waals surface area contributed by atoms with Gasteiger partial charge in [-0.05, 0) is 89.9 Å². The molecule has 2 unspecified atom stereocenters. The van der Waals surface area contributed by atoms with Crippen LogP contribution in [-0.2, 0) is 14.3 Å². The number of amides is 1. The Morgan fingerprint density at radius 1 is 0.483 bits per heavy atom. The fraction of sp³-hybridized carbons (Fsp3) is 0.808. The zero-order valence-electron chi connectivity index (χ0n) is 38.3. The number of unbranched alkanes of at least 4 members (excludes halogenated alkanes) is 28. The van der Waals surface area contributed by atoms with Gasteiger partial charge >= 0.3 is 5.97 Å². The zero-order valence-corrected chi connectivity index (χ0v) is 38.3. The quantitative estimate of drug-likeness (QED) is 0.0323. The Morgan fingerprint density at radius 2 is 0.862 bits per heavy atom. The van der Waals surface area contributed by atoms with Crippen molar-refractivity contribution in [1.29, 1.82) is 0 Å². The molecular formula is C52H95NO5. The number of carbonyl (C=O) groups excluding carboxylic acids is 2. The van der Waals surface area contributed by atoms with Gasteiger partial charge in [-0.2, -0.15) is 0 Å². The second-order valence-corrected chi connectivity index (χ2v) is 16.8. The maximum absolute atomic E-state index is 12.4. The minimum Gasteiger partial charge on any atom is -0.466 e. The lowest BCUT2D eigenvalue weighted by Gasteiger charge is -2.19. The van der Waals surface area contributed by atoms with Crippen LogP contribution in [0.3, 0.4) is 0 Å². The molecule has 6 nitrogen and oxygen atoms in total. The number of hydrogen-bond acceptors (Lipinski definition) is 5. The molecule has 0 rings (SSSR count). The van der Waals surface area contributed by atoms with E-state index < -0.39 is 12.1 Å². The topological polar surface area (TPSA) is 95.9 Å². The van der Waals surface area contributed by atoms with Crippen LogP contribution < -0.4 is 5.32 Å². The molecule has 0 saturated heterocycles. The van der Waals surface area contributed by atoms with E-state index >= 15 is 0 Å². The van der Waals surface area contributed by atoms with E-state index in [1.807, 2.05) is 6.08 Å². The van der Waals surface area contributed by atoms with Gasteiger partial charge in [0.1, 0.15) is 0 Å². The van der Waals surface area contributed by atoms with E-state index in [1.165, 1.54) is 141 Å². The third-order valence-corrected chi connectivity index (χ3v) is 11.1. The van der Waals surface area contributed by atoms with Gasteiger partial charge < -0.3 is 20.3 Å². The van der Waals surface area contributed by atoms with Gasteiger partial charge in [-0.1, -0.05) is 191 Å². The number of aliphatic hydroxyl groups is 2. The molecule has 0 saturated carbocycles. The van der Waals surface area contributed by atoms with Crippen LogP contribution in [0.15, 0.2) is 48.6 Å². The fourth-order valence-corrected chi connectivity index (χ4v) is 7.18. The van der Waals surface area contributed by atoms with E-state index in [9.17, 15) is 19.8 Å². The minimum absolute atomic E-state index is 0.0228. The van der Waals surface area contributed by atoms with E-state index in [0.29, 0.717) is 19.4 Å². The number of nitrogens with one attached hydrogen (secondary N) is 1. The first kappa shape index (κ1) is 55.8. The summed E-state index contributed by atoms with van der Waals surface area (Å²) >= 11 is 0. The van der Waals surface area contributed by atoms with Gasteiger partial charge in [0.2, 0.25) is 5.91 Å². The number of aliphatic hydroxyl groups excluding tert-OH is 2. The highest BCUT2D eigenvalue weighted by Crippen LogP contribution is 2.13. The van der Waals surface area contributed by atoms with Crippen molar-refractivity contribution in [3.05, 3.63) is 48.6 Å². The molecule has 0 aliphatic rings. The normalized spacial score (nSPS) is 13.1. The number of allylic oxidation sites excluding steroid dienone is 7. The first-order valence-corrected chi connectivity index (χ1v) is 24.9. The first-order valence-electron chi connectivity index (χ1n) is 24.9. The minimum atomic E-state index is -0.861. The van der Waals surface area contributed by atoms with Gasteiger partial charge in [0, 0.05) is 12.8 Å². The van der Waals surface area contributed by atoms with Crippen LogP contribution >= 0.6 is 0 Å². The molecule has 58 heavy (non-hydrogen) atoms. The zero-order chi connectivity index (χ0) is 42.3. The summed E-state index contributed by atoms with van der Waals surface area (Å²) in [5.41, 5.74) is 0. The fourth-order valence-electron chi connectivity index (χ4n) is 7.18. The number of esters is 1. The van der Waals surface area contributed by atoms with Gasteiger partial charge in [-0.15, -0.1) is 0 Å². The average Bonchev–Trinajstić information content (AvgIpc) is 3.22. The molecule has 0 spiro atoms. The highest BCUT2D eigenvalue weighted by Gasteiger charge is 2.18. The molecule has 0 heterocycles. The van der Waals surface area contributed by atoms with E-state index in [-0.39, 0.29) is 18.5 Å². The number of rotatable bonds is 45. The molecule has 1 amide bonds. The van der Waals surface area contributed by atoms with Crippen LogP contribution in [0, 0.1) is 0 Å². The predicted molar refractivity (Wildman–Crippen MR) is 250 cm³/mol.